The summed E-state index contributed by atoms with van der Waals surface area (Å²) in [4.78, 5) is 20.1. The van der Waals surface area contributed by atoms with E-state index in [0.717, 1.165) is 26.2 Å². The van der Waals surface area contributed by atoms with Crippen LogP contribution in [0.3, 0.4) is 0 Å². The second-order valence-electron chi connectivity index (χ2n) is 4.48. The van der Waals surface area contributed by atoms with Crippen molar-refractivity contribution in [3.63, 3.8) is 0 Å². The molecular weight excluding hydrogens is 228 g/mol. The number of hydrogen-bond acceptors (Lipinski definition) is 4. The van der Waals surface area contributed by atoms with Crippen molar-refractivity contribution in [1.82, 2.24) is 9.80 Å². The lowest BCUT2D eigenvalue weighted by atomic mass is 10.3. The SMILES string of the molecule is CN1CCN(C(=O)/C=N/c2cccc(N)c2)CC1. The maximum Gasteiger partial charge on any atom is 0.265 e. The molecule has 0 bridgehead atoms. The predicted molar refractivity (Wildman–Crippen MR) is 73.1 cm³/mol. The first-order chi connectivity index (χ1) is 8.65. The largest absolute Gasteiger partial charge is 0.399 e. The Morgan fingerprint density at radius 1 is 1.33 bits per heavy atom. The molecule has 0 aromatic heterocycles. The van der Waals surface area contributed by atoms with E-state index in [2.05, 4.69) is 16.9 Å². The van der Waals surface area contributed by atoms with E-state index >= 15 is 0 Å². The number of benzene rings is 1. The molecule has 1 amide bonds. The molecule has 0 saturated carbocycles. The third-order valence-electron chi connectivity index (χ3n) is 3.01. The molecule has 1 aliphatic rings. The lowest BCUT2D eigenvalue weighted by Crippen LogP contribution is -2.47. The molecule has 1 aromatic carbocycles. The van der Waals surface area contributed by atoms with Gasteiger partial charge in [0.1, 0.15) is 0 Å². The first kappa shape index (κ1) is 12.6. The summed E-state index contributed by atoms with van der Waals surface area (Å²) in [5.74, 6) is -0.0366. The number of likely N-dealkylation sites (N-methyl/N-ethyl adjacent to an activating group) is 1. The van der Waals surface area contributed by atoms with Crippen molar-refractivity contribution in [1.29, 1.82) is 0 Å². The summed E-state index contributed by atoms with van der Waals surface area (Å²) >= 11 is 0. The van der Waals surface area contributed by atoms with E-state index < -0.39 is 0 Å². The molecular formula is C13H18N4O. The van der Waals surface area contributed by atoms with Crippen LogP contribution >= 0.6 is 0 Å². The molecule has 0 aliphatic carbocycles. The molecule has 0 unspecified atom stereocenters. The summed E-state index contributed by atoms with van der Waals surface area (Å²) in [5.41, 5.74) is 7.00. The highest BCUT2D eigenvalue weighted by atomic mass is 16.2. The number of carbonyl (C=O) groups is 1. The summed E-state index contributed by atoms with van der Waals surface area (Å²) in [6.45, 7) is 3.35. The van der Waals surface area contributed by atoms with Gasteiger partial charge in [-0.1, -0.05) is 6.07 Å². The maximum absolute atomic E-state index is 11.9. The molecule has 2 N–H and O–H groups in total. The van der Waals surface area contributed by atoms with Gasteiger partial charge in [0.25, 0.3) is 5.91 Å². The highest BCUT2D eigenvalue weighted by molar-refractivity contribution is 6.26. The van der Waals surface area contributed by atoms with Crippen LogP contribution in [-0.2, 0) is 4.79 Å². The van der Waals surface area contributed by atoms with E-state index in [1.165, 1.54) is 6.21 Å². The van der Waals surface area contributed by atoms with Crippen LogP contribution in [0.5, 0.6) is 0 Å². The summed E-state index contributed by atoms with van der Waals surface area (Å²) in [5, 5.41) is 0. The third kappa shape index (κ3) is 3.30. The van der Waals surface area contributed by atoms with Gasteiger partial charge < -0.3 is 15.5 Å². The van der Waals surface area contributed by atoms with Gasteiger partial charge in [-0.2, -0.15) is 0 Å². The number of nitrogens with zero attached hydrogens (tertiary/aromatic N) is 3. The molecule has 5 nitrogen and oxygen atoms in total. The Balaban J connectivity index is 1.94. The van der Waals surface area contributed by atoms with Gasteiger partial charge in [-0.05, 0) is 25.2 Å². The molecule has 1 fully saturated rings. The molecule has 2 rings (SSSR count). The molecule has 1 saturated heterocycles. The van der Waals surface area contributed by atoms with Crippen molar-refractivity contribution in [2.24, 2.45) is 4.99 Å². The average molecular weight is 246 g/mol. The fraction of sp³-hybridized carbons (Fsp3) is 0.385. The zero-order valence-corrected chi connectivity index (χ0v) is 10.5. The summed E-state index contributed by atoms with van der Waals surface area (Å²) in [7, 11) is 2.06. The van der Waals surface area contributed by atoms with Gasteiger partial charge in [0.05, 0.1) is 11.9 Å². The zero-order chi connectivity index (χ0) is 13.0. The predicted octanol–water partition coefficient (Wildman–Crippen LogP) is 0.745. The van der Waals surface area contributed by atoms with Crippen molar-refractivity contribution in [2.45, 2.75) is 0 Å². The number of amides is 1. The Hall–Kier alpha value is -1.88. The van der Waals surface area contributed by atoms with E-state index in [4.69, 9.17) is 5.73 Å². The van der Waals surface area contributed by atoms with Crippen LogP contribution in [0, 0.1) is 0 Å². The smallest absolute Gasteiger partial charge is 0.265 e. The molecule has 1 aliphatic heterocycles. The molecule has 1 heterocycles. The van der Waals surface area contributed by atoms with Gasteiger partial charge in [0.15, 0.2) is 0 Å². The molecule has 0 radical (unpaired) electrons. The number of piperazine rings is 1. The number of aliphatic imine (C=N–C) groups is 1. The third-order valence-corrected chi connectivity index (χ3v) is 3.01. The minimum atomic E-state index is -0.0366. The first-order valence-corrected chi connectivity index (χ1v) is 6.02. The summed E-state index contributed by atoms with van der Waals surface area (Å²) in [6, 6.07) is 7.18. The highest BCUT2D eigenvalue weighted by Gasteiger charge is 2.17. The van der Waals surface area contributed by atoms with Crippen LogP contribution in [0.25, 0.3) is 0 Å². The molecule has 0 atom stereocenters. The maximum atomic E-state index is 11.9. The lowest BCUT2D eigenvalue weighted by Gasteiger charge is -2.31. The van der Waals surface area contributed by atoms with E-state index in [1.54, 1.807) is 12.1 Å². The van der Waals surface area contributed by atoms with Crippen LogP contribution < -0.4 is 5.73 Å². The Labute approximate surface area is 107 Å². The Morgan fingerprint density at radius 3 is 2.72 bits per heavy atom. The van der Waals surface area contributed by atoms with Gasteiger partial charge in [0.2, 0.25) is 0 Å². The van der Waals surface area contributed by atoms with Crippen molar-refractivity contribution < 1.29 is 4.79 Å². The van der Waals surface area contributed by atoms with E-state index in [-0.39, 0.29) is 5.91 Å². The number of carbonyl (C=O) groups excluding carboxylic acids is 1. The summed E-state index contributed by atoms with van der Waals surface area (Å²) in [6.07, 6.45) is 1.38. The quantitative estimate of drug-likeness (QED) is 0.618. The lowest BCUT2D eigenvalue weighted by molar-refractivity contribution is -0.125. The Kier molecular flexibility index (Phi) is 3.94. The Morgan fingerprint density at radius 2 is 2.06 bits per heavy atom. The number of nitrogen functional groups attached to an aromatic ring is 1. The molecule has 5 heteroatoms. The number of nitrogens with two attached hydrogens (primary N) is 1. The van der Waals surface area contributed by atoms with Gasteiger partial charge >= 0.3 is 0 Å². The zero-order valence-electron chi connectivity index (χ0n) is 10.5. The fourth-order valence-electron chi connectivity index (χ4n) is 1.84. The van der Waals surface area contributed by atoms with Crippen molar-refractivity contribution >= 4 is 23.5 Å². The first-order valence-electron chi connectivity index (χ1n) is 6.02. The second-order valence-corrected chi connectivity index (χ2v) is 4.48. The van der Waals surface area contributed by atoms with E-state index in [0.29, 0.717) is 11.4 Å². The van der Waals surface area contributed by atoms with Gasteiger partial charge in [-0.15, -0.1) is 0 Å². The average Bonchev–Trinajstić information content (AvgIpc) is 2.37. The number of anilines is 1. The van der Waals surface area contributed by atoms with Crippen molar-refractivity contribution in [3.8, 4) is 0 Å². The minimum absolute atomic E-state index is 0.0366. The number of hydrogen-bond donors (Lipinski definition) is 1. The van der Waals surface area contributed by atoms with Crippen molar-refractivity contribution in [3.05, 3.63) is 24.3 Å². The van der Waals surface area contributed by atoms with E-state index in [1.807, 2.05) is 17.0 Å². The highest BCUT2D eigenvalue weighted by Crippen LogP contribution is 2.14. The molecule has 18 heavy (non-hydrogen) atoms. The van der Waals surface area contributed by atoms with Gasteiger partial charge in [0, 0.05) is 31.9 Å². The second kappa shape index (κ2) is 5.64. The van der Waals surface area contributed by atoms with Crippen LogP contribution in [0.15, 0.2) is 29.3 Å². The normalized spacial score (nSPS) is 17.3. The standard InChI is InChI=1S/C13H18N4O/c1-16-5-7-17(8-6-16)13(18)10-15-12-4-2-3-11(14)9-12/h2-4,9-10H,5-8,14H2,1H3/b15-10+. The topological polar surface area (TPSA) is 61.9 Å². The van der Waals surface area contributed by atoms with Gasteiger partial charge in [-0.25, -0.2) is 0 Å². The van der Waals surface area contributed by atoms with Crippen molar-refractivity contribution in [2.75, 3.05) is 39.0 Å². The minimum Gasteiger partial charge on any atom is -0.399 e. The molecule has 1 aromatic rings. The van der Waals surface area contributed by atoms with Crippen LogP contribution in [-0.4, -0.2) is 55.1 Å². The monoisotopic (exact) mass is 246 g/mol. The number of rotatable bonds is 2. The molecule has 96 valence electrons. The molecule has 0 spiro atoms. The van der Waals surface area contributed by atoms with Crippen LogP contribution in [0.4, 0.5) is 11.4 Å². The van der Waals surface area contributed by atoms with Gasteiger partial charge in [-0.3, -0.25) is 9.79 Å². The Bertz CT molecular complexity index is 450. The van der Waals surface area contributed by atoms with Crippen LogP contribution in [0.2, 0.25) is 0 Å². The van der Waals surface area contributed by atoms with E-state index in [9.17, 15) is 4.79 Å². The van der Waals surface area contributed by atoms with Crippen LogP contribution in [0.1, 0.15) is 0 Å². The summed E-state index contributed by atoms with van der Waals surface area (Å²) < 4.78 is 0. The fourth-order valence-corrected chi connectivity index (χ4v) is 1.84.